The number of rotatable bonds is 1. The number of halogens is 2. The van der Waals surface area contributed by atoms with Gasteiger partial charge in [0.05, 0.1) is 5.60 Å². The topological polar surface area (TPSA) is 20.2 Å². The molecule has 13 heavy (non-hydrogen) atoms. The van der Waals surface area contributed by atoms with Crippen molar-refractivity contribution in [1.82, 2.24) is 0 Å². The van der Waals surface area contributed by atoms with Crippen molar-refractivity contribution in [2.24, 2.45) is 0 Å². The average Bonchev–Trinajstić information content (AvgIpc) is 1.94. The van der Waals surface area contributed by atoms with Gasteiger partial charge in [0, 0.05) is 3.57 Å². The Morgan fingerprint density at radius 2 is 1.92 bits per heavy atom. The lowest BCUT2D eigenvalue weighted by atomic mass is 9.97. The van der Waals surface area contributed by atoms with Gasteiger partial charge in [-0.05, 0) is 66.6 Å². The van der Waals surface area contributed by atoms with E-state index in [4.69, 9.17) is 0 Å². The molecule has 1 rings (SSSR count). The molecule has 0 atom stereocenters. The van der Waals surface area contributed by atoms with Crippen molar-refractivity contribution < 1.29 is 9.50 Å². The molecule has 0 amide bonds. The summed E-state index contributed by atoms with van der Waals surface area (Å²) in [5.41, 5.74) is 0.520. The SMILES string of the molecule is Cc1cc(F)cc(C(C)(C)O)c1I. The number of hydrogen-bond donors (Lipinski definition) is 1. The van der Waals surface area contributed by atoms with Gasteiger partial charge in [-0.15, -0.1) is 0 Å². The molecule has 0 saturated carbocycles. The van der Waals surface area contributed by atoms with E-state index in [9.17, 15) is 9.50 Å². The molecule has 3 heteroatoms. The molecule has 72 valence electrons. The van der Waals surface area contributed by atoms with Crippen LogP contribution in [-0.2, 0) is 5.60 Å². The molecule has 1 nitrogen and oxygen atoms in total. The summed E-state index contributed by atoms with van der Waals surface area (Å²) in [6, 6.07) is 2.85. The minimum absolute atomic E-state index is 0.296. The molecule has 1 N–H and O–H groups in total. The zero-order chi connectivity index (χ0) is 10.2. The summed E-state index contributed by atoms with van der Waals surface area (Å²) >= 11 is 2.12. The van der Waals surface area contributed by atoms with Gasteiger partial charge in [-0.2, -0.15) is 0 Å². The molecule has 0 saturated heterocycles. The van der Waals surface area contributed by atoms with E-state index in [-0.39, 0.29) is 5.82 Å². The predicted octanol–water partition coefficient (Wildman–Crippen LogP) is 2.97. The van der Waals surface area contributed by atoms with Crippen molar-refractivity contribution >= 4 is 22.6 Å². The van der Waals surface area contributed by atoms with Gasteiger partial charge in [0.25, 0.3) is 0 Å². The van der Waals surface area contributed by atoms with Crippen LogP contribution in [0.15, 0.2) is 12.1 Å². The van der Waals surface area contributed by atoms with Gasteiger partial charge in [-0.1, -0.05) is 0 Å². The molecule has 0 bridgehead atoms. The van der Waals surface area contributed by atoms with Crippen LogP contribution in [0.2, 0.25) is 0 Å². The quantitative estimate of drug-likeness (QED) is 0.790. The van der Waals surface area contributed by atoms with Crippen molar-refractivity contribution in [3.63, 3.8) is 0 Å². The lowest BCUT2D eigenvalue weighted by molar-refractivity contribution is 0.0772. The normalized spacial score (nSPS) is 11.8. The number of benzene rings is 1. The monoisotopic (exact) mass is 294 g/mol. The Morgan fingerprint density at radius 3 is 2.38 bits per heavy atom. The maximum absolute atomic E-state index is 13.0. The first kappa shape index (κ1) is 10.9. The second-order valence-electron chi connectivity index (χ2n) is 3.64. The minimum atomic E-state index is -0.983. The molecule has 0 aliphatic carbocycles. The van der Waals surface area contributed by atoms with Gasteiger partial charge in [0.2, 0.25) is 0 Å². The molecule has 0 fully saturated rings. The highest BCUT2D eigenvalue weighted by atomic mass is 127. The number of aliphatic hydroxyl groups is 1. The van der Waals surface area contributed by atoms with Gasteiger partial charge in [-0.3, -0.25) is 0 Å². The van der Waals surface area contributed by atoms with E-state index in [2.05, 4.69) is 22.6 Å². The minimum Gasteiger partial charge on any atom is -0.386 e. The molecule has 0 unspecified atom stereocenters. The van der Waals surface area contributed by atoms with E-state index < -0.39 is 5.60 Å². The Bertz CT molecular complexity index is 328. The van der Waals surface area contributed by atoms with Crippen LogP contribution >= 0.6 is 22.6 Å². The molecule has 0 aliphatic heterocycles. The van der Waals surface area contributed by atoms with Gasteiger partial charge < -0.3 is 5.11 Å². The van der Waals surface area contributed by atoms with Crippen LogP contribution < -0.4 is 0 Å². The summed E-state index contributed by atoms with van der Waals surface area (Å²) in [7, 11) is 0. The first-order valence-electron chi connectivity index (χ1n) is 4.01. The first-order chi connectivity index (χ1) is 5.82. The van der Waals surface area contributed by atoms with E-state index in [0.29, 0.717) is 5.56 Å². The van der Waals surface area contributed by atoms with Crippen LogP contribution in [0.1, 0.15) is 25.0 Å². The van der Waals surface area contributed by atoms with Gasteiger partial charge in [0.1, 0.15) is 5.82 Å². The van der Waals surface area contributed by atoms with Crippen LogP contribution in [0.25, 0.3) is 0 Å². The summed E-state index contributed by atoms with van der Waals surface area (Å²) in [6.07, 6.45) is 0. The van der Waals surface area contributed by atoms with E-state index in [1.54, 1.807) is 13.8 Å². The highest BCUT2D eigenvalue weighted by molar-refractivity contribution is 14.1. The van der Waals surface area contributed by atoms with Gasteiger partial charge in [-0.25, -0.2) is 4.39 Å². The zero-order valence-corrected chi connectivity index (χ0v) is 10.0. The Hall–Kier alpha value is -0.160. The molecule has 0 heterocycles. The molecule has 0 radical (unpaired) electrons. The second kappa shape index (κ2) is 3.53. The third-order valence-electron chi connectivity index (χ3n) is 1.88. The lowest BCUT2D eigenvalue weighted by Gasteiger charge is -2.20. The smallest absolute Gasteiger partial charge is 0.123 e. The summed E-state index contributed by atoms with van der Waals surface area (Å²) < 4.78 is 13.9. The van der Waals surface area contributed by atoms with Crippen molar-refractivity contribution in [1.29, 1.82) is 0 Å². The molecule has 1 aromatic rings. The van der Waals surface area contributed by atoms with Crippen LogP contribution in [-0.4, -0.2) is 5.11 Å². The fourth-order valence-electron chi connectivity index (χ4n) is 1.17. The second-order valence-corrected chi connectivity index (χ2v) is 4.72. The van der Waals surface area contributed by atoms with Crippen molar-refractivity contribution in [3.05, 3.63) is 32.6 Å². The number of aryl methyl sites for hydroxylation is 1. The zero-order valence-electron chi connectivity index (χ0n) is 7.86. The molecule has 0 spiro atoms. The molecule has 0 aromatic heterocycles. The Labute approximate surface area is 91.1 Å². The maximum atomic E-state index is 13.0. The van der Waals surface area contributed by atoms with E-state index in [1.807, 2.05) is 6.92 Å². The Balaban J connectivity index is 3.37. The summed E-state index contributed by atoms with van der Waals surface area (Å²) in [6.45, 7) is 5.15. The molecule has 0 aliphatic rings. The Kier molecular flexibility index (Phi) is 2.97. The van der Waals surface area contributed by atoms with Crippen molar-refractivity contribution in [2.75, 3.05) is 0 Å². The highest BCUT2D eigenvalue weighted by Gasteiger charge is 2.20. The van der Waals surface area contributed by atoms with Crippen molar-refractivity contribution in [3.8, 4) is 0 Å². The molecular formula is C10H12FIO. The van der Waals surface area contributed by atoms with E-state index >= 15 is 0 Å². The summed E-state index contributed by atoms with van der Waals surface area (Å²) in [5.74, 6) is -0.296. The maximum Gasteiger partial charge on any atom is 0.123 e. The fourth-order valence-corrected chi connectivity index (χ4v) is 2.14. The molecular weight excluding hydrogens is 282 g/mol. The van der Waals surface area contributed by atoms with Crippen molar-refractivity contribution in [2.45, 2.75) is 26.4 Å². The lowest BCUT2D eigenvalue weighted by Crippen LogP contribution is -2.18. The third-order valence-corrected chi connectivity index (χ3v) is 3.31. The fraction of sp³-hybridized carbons (Fsp3) is 0.400. The number of hydrogen-bond acceptors (Lipinski definition) is 1. The predicted molar refractivity (Wildman–Crippen MR) is 59.1 cm³/mol. The standard InChI is InChI=1S/C10H12FIO/c1-6-4-7(11)5-8(9(6)12)10(2,3)13/h4-5,13H,1-3H3. The van der Waals surface area contributed by atoms with Crippen LogP contribution in [0.5, 0.6) is 0 Å². The van der Waals surface area contributed by atoms with Crippen LogP contribution in [0, 0.1) is 16.3 Å². The average molecular weight is 294 g/mol. The third kappa shape index (κ3) is 2.40. The summed E-state index contributed by atoms with van der Waals surface area (Å²) in [5, 5.41) is 9.75. The Morgan fingerprint density at radius 1 is 1.38 bits per heavy atom. The van der Waals surface area contributed by atoms with Crippen LogP contribution in [0.4, 0.5) is 4.39 Å². The van der Waals surface area contributed by atoms with E-state index in [0.717, 1.165) is 9.13 Å². The van der Waals surface area contributed by atoms with Gasteiger partial charge in [0.15, 0.2) is 0 Å². The summed E-state index contributed by atoms with van der Waals surface area (Å²) in [4.78, 5) is 0. The molecule has 1 aromatic carbocycles. The van der Waals surface area contributed by atoms with E-state index in [1.165, 1.54) is 12.1 Å². The highest BCUT2D eigenvalue weighted by Crippen LogP contribution is 2.28. The van der Waals surface area contributed by atoms with Gasteiger partial charge >= 0.3 is 0 Å². The first-order valence-corrected chi connectivity index (χ1v) is 5.09. The largest absolute Gasteiger partial charge is 0.386 e. The van der Waals surface area contributed by atoms with Crippen LogP contribution in [0.3, 0.4) is 0 Å².